The van der Waals surface area contributed by atoms with Gasteiger partial charge in [-0.15, -0.1) is 6.58 Å². The summed E-state index contributed by atoms with van der Waals surface area (Å²) in [6.07, 6.45) is 5.26. The highest BCUT2D eigenvalue weighted by Crippen LogP contribution is 2.45. The topological polar surface area (TPSA) is 20.2 Å². The lowest BCUT2D eigenvalue weighted by Gasteiger charge is -2.47. The van der Waals surface area contributed by atoms with Crippen LogP contribution in [-0.2, 0) is 0 Å². The normalized spacial score (nSPS) is 39.1. The summed E-state index contributed by atoms with van der Waals surface area (Å²) >= 11 is 0. The van der Waals surface area contributed by atoms with Crippen molar-refractivity contribution < 1.29 is 5.11 Å². The number of rotatable bonds is 3. The van der Waals surface area contributed by atoms with E-state index in [0.717, 1.165) is 12.8 Å². The summed E-state index contributed by atoms with van der Waals surface area (Å²) in [6.45, 7) is 12.6. The van der Waals surface area contributed by atoms with Crippen LogP contribution in [0.25, 0.3) is 0 Å². The van der Waals surface area contributed by atoms with Gasteiger partial charge in [0.1, 0.15) is 0 Å². The highest BCUT2D eigenvalue weighted by Gasteiger charge is 2.45. The Labute approximate surface area is 94.6 Å². The molecule has 0 saturated heterocycles. The molecule has 0 aromatic rings. The van der Waals surface area contributed by atoms with Gasteiger partial charge in [0, 0.05) is 5.92 Å². The minimum atomic E-state index is -0.520. The Morgan fingerprint density at radius 2 is 1.93 bits per heavy atom. The second-order valence-electron chi connectivity index (χ2n) is 5.75. The first-order valence-corrected chi connectivity index (χ1v) is 6.26. The van der Waals surface area contributed by atoms with Crippen LogP contribution in [-0.4, -0.2) is 10.7 Å². The number of aliphatic hydroxyl groups is 1. The van der Waals surface area contributed by atoms with Crippen molar-refractivity contribution in [1.82, 2.24) is 0 Å². The molecule has 1 nitrogen and oxygen atoms in total. The van der Waals surface area contributed by atoms with Gasteiger partial charge >= 0.3 is 0 Å². The van der Waals surface area contributed by atoms with Crippen LogP contribution in [0, 0.1) is 23.7 Å². The minimum absolute atomic E-state index is 0.202. The lowest BCUT2D eigenvalue weighted by Crippen LogP contribution is -2.49. The molecule has 1 N–H and O–H groups in total. The fraction of sp³-hybridized carbons (Fsp3) is 0.857. The van der Waals surface area contributed by atoms with Crippen LogP contribution >= 0.6 is 0 Å². The molecule has 88 valence electrons. The maximum atomic E-state index is 10.9. The summed E-state index contributed by atoms with van der Waals surface area (Å²) in [5.41, 5.74) is -0.520. The minimum Gasteiger partial charge on any atom is -0.389 e. The molecule has 1 fully saturated rings. The Morgan fingerprint density at radius 1 is 1.33 bits per heavy atom. The van der Waals surface area contributed by atoms with Crippen molar-refractivity contribution in [1.29, 1.82) is 0 Å². The van der Waals surface area contributed by atoms with Gasteiger partial charge in [-0.2, -0.15) is 0 Å². The third-order valence-electron chi connectivity index (χ3n) is 4.23. The molecule has 0 radical (unpaired) electrons. The van der Waals surface area contributed by atoms with Crippen molar-refractivity contribution in [2.75, 3.05) is 0 Å². The first-order valence-electron chi connectivity index (χ1n) is 6.26. The standard InChI is InChI=1S/C14H26O/c1-6-12(5)14(15)9-11(4)7-8-13(14)10(2)3/h6,10-13,15H,1,7-9H2,2-5H3/t11-,12+,13-,14+/m1/s1. The first-order chi connectivity index (χ1) is 6.91. The molecule has 0 aliphatic heterocycles. The van der Waals surface area contributed by atoms with E-state index >= 15 is 0 Å². The third-order valence-corrected chi connectivity index (χ3v) is 4.23. The maximum Gasteiger partial charge on any atom is 0.0740 e. The lowest BCUT2D eigenvalue weighted by molar-refractivity contribution is -0.105. The molecule has 0 bridgehead atoms. The van der Waals surface area contributed by atoms with E-state index in [1.165, 1.54) is 6.42 Å². The van der Waals surface area contributed by atoms with E-state index in [1.807, 2.05) is 6.08 Å². The van der Waals surface area contributed by atoms with Crippen molar-refractivity contribution >= 4 is 0 Å². The monoisotopic (exact) mass is 210 g/mol. The fourth-order valence-corrected chi connectivity index (χ4v) is 3.16. The molecule has 1 aliphatic rings. The molecule has 15 heavy (non-hydrogen) atoms. The van der Waals surface area contributed by atoms with Gasteiger partial charge < -0.3 is 5.11 Å². The molecule has 1 aliphatic carbocycles. The van der Waals surface area contributed by atoms with E-state index in [4.69, 9.17) is 0 Å². The quantitative estimate of drug-likeness (QED) is 0.705. The Bertz CT molecular complexity index is 221. The van der Waals surface area contributed by atoms with E-state index in [2.05, 4.69) is 34.3 Å². The predicted molar refractivity (Wildman–Crippen MR) is 65.7 cm³/mol. The van der Waals surface area contributed by atoms with Gasteiger partial charge in [-0.3, -0.25) is 0 Å². The largest absolute Gasteiger partial charge is 0.389 e. The Balaban J connectivity index is 2.90. The molecule has 0 heterocycles. The van der Waals surface area contributed by atoms with Gasteiger partial charge in [-0.1, -0.05) is 40.2 Å². The van der Waals surface area contributed by atoms with Crippen LogP contribution in [0.1, 0.15) is 47.0 Å². The summed E-state index contributed by atoms with van der Waals surface area (Å²) in [6, 6.07) is 0. The summed E-state index contributed by atoms with van der Waals surface area (Å²) in [4.78, 5) is 0. The number of hydrogen-bond donors (Lipinski definition) is 1. The summed E-state index contributed by atoms with van der Waals surface area (Å²) < 4.78 is 0. The second kappa shape index (κ2) is 4.69. The van der Waals surface area contributed by atoms with Gasteiger partial charge in [-0.25, -0.2) is 0 Å². The van der Waals surface area contributed by atoms with Gasteiger partial charge in [0.05, 0.1) is 5.60 Å². The Morgan fingerprint density at radius 3 is 2.40 bits per heavy atom. The Kier molecular flexibility index (Phi) is 3.99. The molecule has 0 aromatic carbocycles. The second-order valence-corrected chi connectivity index (χ2v) is 5.75. The molecular weight excluding hydrogens is 184 g/mol. The van der Waals surface area contributed by atoms with Crippen LogP contribution in [0.5, 0.6) is 0 Å². The number of hydrogen-bond acceptors (Lipinski definition) is 1. The van der Waals surface area contributed by atoms with Crippen molar-refractivity contribution in [2.24, 2.45) is 23.7 Å². The zero-order valence-corrected chi connectivity index (χ0v) is 10.7. The van der Waals surface area contributed by atoms with Crippen LogP contribution in [0.3, 0.4) is 0 Å². The molecule has 0 spiro atoms. The van der Waals surface area contributed by atoms with Crippen molar-refractivity contribution in [2.45, 2.75) is 52.6 Å². The van der Waals surface area contributed by atoms with E-state index in [1.54, 1.807) is 0 Å². The van der Waals surface area contributed by atoms with E-state index in [-0.39, 0.29) is 5.92 Å². The van der Waals surface area contributed by atoms with Crippen LogP contribution in [0.15, 0.2) is 12.7 Å². The molecule has 0 amide bonds. The van der Waals surface area contributed by atoms with Crippen LogP contribution < -0.4 is 0 Å². The van der Waals surface area contributed by atoms with E-state index < -0.39 is 5.60 Å². The Hall–Kier alpha value is -0.300. The van der Waals surface area contributed by atoms with Crippen molar-refractivity contribution in [3.63, 3.8) is 0 Å². The summed E-state index contributed by atoms with van der Waals surface area (Å²) in [7, 11) is 0. The molecule has 1 heteroatoms. The van der Waals surface area contributed by atoms with Crippen molar-refractivity contribution in [3.8, 4) is 0 Å². The van der Waals surface area contributed by atoms with E-state index in [0.29, 0.717) is 17.8 Å². The average Bonchev–Trinajstić information content (AvgIpc) is 2.15. The van der Waals surface area contributed by atoms with Gasteiger partial charge in [0.25, 0.3) is 0 Å². The van der Waals surface area contributed by atoms with Crippen LogP contribution in [0.4, 0.5) is 0 Å². The summed E-state index contributed by atoms with van der Waals surface area (Å²) in [5.74, 6) is 1.84. The van der Waals surface area contributed by atoms with Crippen molar-refractivity contribution in [3.05, 3.63) is 12.7 Å². The zero-order chi connectivity index (χ0) is 11.6. The highest BCUT2D eigenvalue weighted by atomic mass is 16.3. The molecule has 4 atom stereocenters. The molecule has 0 aromatic heterocycles. The molecule has 1 rings (SSSR count). The molecular formula is C14H26O. The summed E-state index contributed by atoms with van der Waals surface area (Å²) in [5, 5.41) is 10.9. The molecule has 1 saturated carbocycles. The van der Waals surface area contributed by atoms with Gasteiger partial charge in [0.15, 0.2) is 0 Å². The van der Waals surface area contributed by atoms with Gasteiger partial charge in [-0.05, 0) is 30.6 Å². The predicted octanol–water partition coefficient (Wildman–Crippen LogP) is 3.63. The smallest absolute Gasteiger partial charge is 0.0740 e. The first kappa shape index (κ1) is 12.8. The van der Waals surface area contributed by atoms with Crippen LogP contribution in [0.2, 0.25) is 0 Å². The molecule has 0 unspecified atom stereocenters. The average molecular weight is 210 g/mol. The SMILES string of the molecule is C=C[C@H](C)[C@@]1(O)C[C@H](C)CC[C@@H]1C(C)C. The van der Waals surface area contributed by atoms with E-state index in [9.17, 15) is 5.11 Å². The van der Waals surface area contributed by atoms with Gasteiger partial charge in [0.2, 0.25) is 0 Å². The lowest BCUT2D eigenvalue weighted by atomic mass is 9.62. The maximum absolute atomic E-state index is 10.9. The zero-order valence-electron chi connectivity index (χ0n) is 10.7. The third kappa shape index (κ3) is 2.44. The highest BCUT2D eigenvalue weighted by molar-refractivity contribution is 5.01. The fourth-order valence-electron chi connectivity index (χ4n) is 3.16.